The third-order valence-corrected chi connectivity index (χ3v) is 3.76. The van der Waals surface area contributed by atoms with Crippen LogP contribution in [0.15, 0.2) is 35.0 Å². The maximum absolute atomic E-state index is 12.0. The number of benzene rings is 1. The lowest BCUT2D eigenvalue weighted by atomic mass is 10.2. The number of nitrogens with one attached hydrogen (secondary N) is 1. The molecule has 7 heteroatoms. The first-order chi connectivity index (χ1) is 10.5. The first-order valence-corrected chi connectivity index (χ1v) is 7.57. The first-order valence-electron chi connectivity index (χ1n) is 6.25. The molecule has 0 saturated carbocycles. The van der Waals surface area contributed by atoms with Crippen LogP contribution in [0.1, 0.15) is 22.8 Å². The Kier molecular flexibility index (Phi) is 5.15. The number of esters is 1. The van der Waals surface area contributed by atoms with Gasteiger partial charge in [0, 0.05) is 11.1 Å². The Labute approximate surface area is 136 Å². The van der Waals surface area contributed by atoms with Crippen LogP contribution in [-0.2, 0) is 9.53 Å². The summed E-state index contributed by atoms with van der Waals surface area (Å²) in [6, 6.07) is 8.07. The van der Waals surface area contributed by atoms with Gasteiger partial charge in [0.2, 0.25) is 0 Å². The lowest BCUT2D eigenvalue weighted by molar-refractivity contribution is -0.123. The van der Waals surface area contributed by atoms with Crippen LogP contribution in [0.2, 0.25) is 5.02 Å². The second-order valence-electron chi connectivity index (χ2n) is 4.36. The summed E-state index contributed by atoms with van der Waals surface area (Å²) in [5.74, 6) is -1.04. The molecule has 1 amide bonds. The molecular formula is C15H11ClN2O3S. The van der Waals surface area contributed by atoms with Gasteiger partial charge in [-0.05, 0) is 36.6 Å². The van der Waals surface area contributed by atoms with Crippen LogP contribution < -0.4 is 5.32 Å². The normalized spacial score (nSPS) is 11.3. The molecule has 112 valence electrons. The molecule has 1 N–H and O–H groups in total. The smallest absolute Gasteiger partial charge is 0.339 e. The van der Waals surface area contributed by atoms with E-state index in [-0.39, 0.29) is 5.02 Å². The van der Waals surface area contributed by atoms with Crippen molar-refractivity contribution in [3.05, 3.63) is 51.2 Å². The Morgan fingerprint density at radius 3 is 2.77 bits per heavy atom. The van der Waals surface area contributed by atoms with Crippen LogP contribution in [0.4, 0.5) is 5.69 Å². The molecule has 0 radical (unpaired) electrons. The summed E-state index contributed by atoms with van der Waals surface area (Å²) in [5, 5.41) is 15.0. The Bertz CT molecular complexity index is 738. The highest BCUT2D eigenvalue weighted by Gasteiger charge is 2.19. The molecule has 0 aliphatic carbocycles. The number of amides is 1. The van der Waals surface area contributed by atoms with Crippen LogP contribution in [0.3, 0.4) is 0 Å². The van der Waals surface area contributed by atoms with E-state index in [0.29, 0.717) is 16.8 Å². The number of ether oxygens (including phenoxy) is 1. The molecule has 2 rings (SSSR count). The Hall–Kier alpha value is -2.36. The van der Waals surface area contributed by atoms with E-state index < -0.39 is 18.0 Å². The molecule has 0 aliphatic rings. The summed E-state index contributed by atoms with van der Waals surface area (Å²) in [7, 11) is 0. The molecule has 0 unspecified atom stereocenters. The van der Waals surface area contributed by atoms with Crippen LogP contribution in [0.25, 0.3) is 0 Å². The summed E-state index contributed by atoms with van der Waals surface area (Å²) in [4.78, 5) is 23.7. The van der Waals surface area contributed by atoms with Crippen molar-refractivity contribution < 1.29 is 14.3 Å². The minimum absolute atomic E-state index is 0.239. The van der Waals surface area contributed by atoms with Crippen molar-refractivity contribution in [1.29, 1.82) is 5.26 Å². The Balaban J connectivity index is 1.98. The van der Waals surface area contributed by atoms with Crippen molar-refractivity contribution >= 4 is 40.5 Å². The minimum Gasteiger partial charge on any atom is -0.449 e. The molecule has 0 bridgehead atoms. The molecule has 0 saturated heterocycles. The van der Waals surface area contributed by atoms with Crippen molar-refractivity contribution in [2.24, 2.45) is 0 Å². The number of rotatable bonds is 4. The maximum Gasteiger partial charge on any atom is 0.339 e. The van der Waals surface area contributed by atoms with E-state index in [1.54, 1.807) is 22.9 Å². The summed E-state index contributed by atoms with van der Waals surface area (Å²) in [5.41, 5.74) is 1.15. The predicted octanol–water partition coefficient (Wildman–Crippen LogP) is 3.46. The van der Waals surface area contributed by atoms with Crippen LogP contribution in [0, 0.1) is 11.3 Å². The van der Waals surface area contributed by atoms with E-state index >= 15 is 0 Å². The second-order valence-corrected chi connectivity index (χ2v) is 5.54. The van der Waals surface area contributed by atoms with Crippen LogP contribution in [-0.4, -0.2) is 18.0 Å². The van der Waals surface area contributed by atoms with Gasteiger partial charge in [0.05, 0.1) is 16.1 Å². The van der Waals surface area contributed by atoms with Crippen molar-refractivity contribution in [2.45, 2.75) is 13.0 Å². The third kappa shape index (κ3) is 3.85. The SMILES string of the molecule is C[C@@H](OC(=O)c1ccsc1)C(=O)Nc1ccc(C#N)c(Cl)c1. The van der Waals surface area contributed by atoms with E-state index in [1.807, 2.05) is 6.07 Å². The van der Waals surface area contributed by atoms with Gasteiger partial charge in [0.15, 0.2) is 6.10 Å². The number of carbonyl (C=O) groups excluding carboxylic acids is 2. The molecular weight excluding hydrogens is 324 g/mol. The van der Waals surface area contributed by atoms with Gasteiger partial charge in [0.1, 0.15) is 6.07 Å². The highest BCUT2D eigenvalue weighted by atomic mass is 35.5. The predicted molar refractivity (Wildman–Crippen MR) is 84.0 cm³/mol. The van der Waals surface area contributed by atoms with Crippen LogP contribution >= 0.6 is 22.9 Å². The zero-order chi connectivity index (χ0) is 16.1. The fraction of sp³-hybridized carbons (Fsp3) is 0.133. The van der Waals surface area contributed by atoms with Crippen molar-refractivity contribution in [1.82, 2.24) is 0 Å². The van der Waals surface area contributed by atoms with Gasteiger partial charge in [-0.25, -0.2) is 4.79 Å². The fourth-order valence-corrected chi connectivity index (χ4v) is 2.44. The minimum atomic E-state index is -0.957. The standard InChI is InChI=1S/C15H11ClN2O3S/c1-9(21-15(20)11-4-5-22-8-11)14(19)18-12-3-2-10(7-17)13(16)6-12/h2-6,8-9H,1H3,(H,18,19)/t9-/m1/s1. The average molecular weight is 335 g/mol. The Morgan fingerprint density at radius 2 is 2.18 bits per heavy atom. The van der Waals surface area contributed by atoms with Gasteiger partial charge in [-0.2, -0.15) is 16.6 Å². The molecule has 1 aromatic carbocycles. The molecule has 5 nitrogen and oxygen atoms in total. The van der Waals surface area contributed by atoms with E-state index in [0.717, 1.165) is 0 Å². The summed E-state index contributed by atoms with van der Waals surface area (Å²) < 4.78 is 5.07. The number of hydrogen-bond acceptors (Lipinski definition) is 5. The molecule has 1 atom stereocenters. The van der Waals surface area contributed by atoms with E-state index in [1.165, 1.54) is 30.4 Å². The van der Waals surface area contributed by atoms with Crippen molar-refractivity contribution in [2.75, 3.05) is 5.32 Å². The highest BCUT2D eigenvalue weighted by molar-refractivity contribution is 7.08. The van der Waals surface area contributed by atoms with E-state index in [9.17, 15) is 9.59 Å². The highest BCUT2D eigenvalue weighted by Crippen LogP contribution is 2.20. The topological polar surface area (TPSA) is 79.2 Å². The van der Waals surface area contributed by atoms with Crippen molar-refractivity contribution in [3.63, 3.8) is 0 Å². The summed E-state index contributed by atoms with van der Waals surface area (Å²) in [6.07, 6.45) is -0.957. The Morgan fingerprint density at radius 1 is 1.41 bits per heavy atom. The van der Waals surface area contributed by atoms with Gasteiger partial charge in [-0.3, -0.25) is 4.79 Å². The monoisotopic (exact) mass is 334 g/mol. The molecule has 1 aromatic heterocycles. The average Bonchev–Trinajstić information content (AvgIpc) is 3.01. The largest absolute Gasteiger partial charge is 0.449 e. The second kappa shape index (κ2) is 7.07. The maximum atomic E-state index is 12.0. The number of hydrogen-bond donors (Lipinski definition) is 1. The molecule has 2 aromatic rings. The number of anilines is 1. The molecule has 22 heavy (non-hydrogen) atoms. The lowest BCUT2D eigenvalue weighted by Crippen LogP contribution is -2.29. The van der Waals surface area contributed by atoms with Gasteiger partial charge < -0.3 is 10.1 Å². The molecule has 0 fully saturated rings. The van der Waals surface area contributed by atoms with Gasteiger partial charge >= 0.3 is 5.97 Å². The summed E-state index contributed by atoms with van der Waals surface area (Å²) >= 11 is 7.26. The zero-order valence-corrected chi connectivity index (χ0v) is 13.1. The first kappa shape index (κ1) is 16.0. The number of thiophene rings is 1. The zero-order valence-electron chi connectivity index (χ0n) is 11.5. The molecule has 1 heterocycles. The number of nitriles is 1. The van der Waals surface area contributed by atoms with E-state index in [4.69, 9.17) is 21.6 Å². The molecule has 0 aliphatic heterocycles. The fourth-order valence-electron chi connectivity index (χ4n) is 1.59. The van der Waals surface area contributed by atoms with Gasteiger partial charge in [-0.1, -0.05) is 11.6 Å². The van der Waals surface area contributed by atoms with Gasteiger partial charge in [-0.15, -0.1) is 0 Å². The number of nitrogens with zero attached hydrogens (tertiary/aromatic N) is 1. The van der Waals surface area contributed by atoms with E-state index in [2.05, 4.69) is 5.32 Å². The molecule has 0 spiro atoms. The van der Waals surface area contributed by atoms with Gasteiger partial charge in [0.25, 0.3) is 5.91 Å². The lowest BCUT2D eigenvalue weighted by Gasteiger charge is -2.13. The number of halogens is 1. The van der Waals surface area contributed by atoms with Crippen LogP contribution in [0.5, 0.6) is 0 Å². The summed E-state index contributed by atoms with van der Waals surface area (Å²) in [6.45, 7) is 1.48. The third-order valence-electron chi connectivity index (χ3n) is 2.77. The quantitative estimate of drug-likeness (QED) is 0.868. The number of carbonyl (C=O) groups is 2. The van der Waals surface area contributed by atoms with Crippen molar-refractivity contribution in [3.8, 4) is 6.07 Å².